The smallest absolute Gasteiger partial charge is 0.319 e. The number of carbonyl (C=O) groups is 1. The number of imidazole rings is 1. The first-order chi connectivity index (χ1) is 8.92. The lowest BCUT2D eigenvalue weighted by Crippen LogP contribution is -2.42. The topological polar surface area (TPSA) is 58.4 Å². The van der Waals surface area contributed by atoms with Gasteiger partial charge in [0.05, 0.1) is 12.0 Å². The van der Waals surface area contributed by atoms with Gasteiger partial charge >= 0.3 is 12.5 Å². The molecule has 0 bridgehead atoms. The number of nitrogens with zero attached hydrogens (tertiary/aromatic N) is 3. The van der Waals surface area contributed by atoms with E-state index >= 15 is 0 Å². The molecular weight excluding hydrogens is 256 g/mol. The van der Waals surface area contributed by atoms with Gasteiger partial charge in [0.25, 0.3) is 0 Å². The van der Waals surface area contributed by atoms with Crippen LogP contribution in [0.4, 0.5) is 8.78 Å². The van der Waals surface area contributed by atoms with Crippen molar-refractivity contribution in [3.63, 3.8) is 0 Å². The van der Waals surface area contributed by atoms with E-state index in [1.54, 1.807) is 6.92 Å². The highest BCUT2D eigenvalue weighted by molar-refractivity contribution is 5.74. The lowest BCUT2D eigenvalue weighted by atomic mass is 9.80. The van der Waals surface area contributed by atoms with Crippen LogP contribution >= 0.6 is 0 Å². The van der Waals surface area contributed by atoms with Gasteiger partial charge in [0.2, 0.25) is 0 Å². The summed E-state index contributed by atoms with van der Waals surface area (Å²) in [5.41, 5.74) is -0.700. The Bertz CT molecular complexity index is 454. The van der Waals surface area contributed by atoms with Gasteiger partial charge in [-0.2, -0.15) is 8.78 Å². The number of piperidine rings is 1. The minimum absolute atomic E-state index is 0.314. The van der Waals surface area contributed by atoms with Gasteiger partial charge in [-0.05, 0) is 32.9 Å². The number of rotatable bonds is 4. The van der Waals surface area contributed by atoms with E-state index in [0.29, 0.717) is 38.3 Å². The molecule has 19 heavy (non-hydrogen) atoms. The Labute approximate surface area is 109 Å². The fourth-order valence-corrected chi connectivity index (χ4v) is 2.26. The first kappa shape index (κ1) is 13.9. The molecule has 1 fully saturated rings. The van der Waals surface area contributed by atoms with Crippen LogP contribution in [0, 0.1) is 5.41 Å². The maximum Gasteiger partial charge on any atom is 0.319 e. The van der Waals surface area contributed by atoms with Crippen LogP contribution in [0.5, 0.6) is 0 Å². The normalized spacial score (nSPS) is 19.8. The summed E-state index contributed by atoms with van der Waals surface area (Å²) in [6.07, 6.45) is 3.66. The molecule has 1 aliphatic rings. The summed E-state index contributed by atoms with van der Waals surface area (Å²) in [5.74, 6) is -0.477. The molecule has 2 heterocycles. The van der Waals surface area contributed by atoms with E-state index in [2.05, 4.69) is 4.98 Å². The van der Waals surface area contributed by atoms with Gasteiger partial charge in [0, 0.05) is 12.4 Å². The molecule has 0 amide bonds. The highest BCUT2D eigenvalue weighted by atomic mass is 19.3. The average Bonchev–Trinajstić information content (AvgIpc) is 2.80. The molecule has 1 aliphatic heterocycles. The Morgan fingerprint density at radius 1 is 1.53 bits per heavy atom. The molecule has 106 valence electrons. The van der Waals surface area contributed by atoms with E-state index in [-0.39, 0.29) is 0 Å². The molecule has 7 heteroatoms. The second-order valence-corrected chi connectivity index (χ2v) is 5.17. The fourth-order valence-electron chi connectivity index (χ4n) is 2.26. The molecule has 0 aliphatic carbocycles. The van der Waals surface area contributed by atoms with Gasteiger partial charge in [-0.15, -0.1) is 0 Å². The number of hydrogen-bond donors (Lipinski definition) is 1. The first-order valence-electron chi connectivity index (χ1n) is 6.18. The minimum atomic E-state index is -2.59. The highest BCUT2D eigenvalue weighted by Crippen LogP contribution is 2.31. The predicted molar refractivity (Wildman–Crippen MR) is 63.7 cm³/mol. The Kier molecular flexibility index (Phi) is 3.84. The van der Waals surface area contributed by atoms with E-state index in [9.17, 15) is 13.6 Å². The Morgan fingerprint density at radius 2 is 2.16 bits per heavy atom. The van der Waals surface area contributed by atoms with Gasteiger partial charge in [-0.25, -0.2) is 4.98 Å². The van der Waals surface area contributed by atoms with Crippen molar-refractivity contribution in [3.8, 4) is 0 Å². The summed E-state index contributed by atoms with van der Waals surface area (Å²) >= 11 is 0. The van der Waals surface area contributed by atoms with E-state index in [1.165, 1.54) is 12.4 Å². The third-order valence-electron chi connectivity index (χ3n) is 3.80. The average molecular weight is 273 g/mol. The Balaban J connectivity index is 1.96. The number of hydrogen-bond acceptors (Lipinski definition) is 3. The summed E-state index contributed by atoms with van der Waals surface area (Å²) in [6.45, 7) is 0.629. The van der Waals surface area contributed by atoms with E-state index in [4.69, 9.17) is 5.11 Å². The molecule has 0 saturated carbocycles. The Hall–Kier alpha value is -1.50. The van der Waals surface area contributed by atoms with Gasteiger partial charge in [0.1, 0.15) is 5.82 Å². The fraction of sp³-hybridized carbons (Fsp3) is 0.667. The second kappa shape index (κ2) is 5.24. The van der Waals surface area contributed by atoms with Crippen LogP contribution in [0.25, 0.3) is 0 Å². The number of halogens is 2. The number of carboxylic acid groups (broad SMARTS) is 1. The molecule has 1 aromatic rings. The standard InChI is InChI=1S/C12H17F2N3O2/c1-12(10(18)19)2-5-16(6-3-12)8-9-15-4-7-17(9)11(13)14/h4,7,11H,2-3,5-6,8H2,1H3,(H,18,19). The van der Waals surface area contributed by atoms with E-state index in [0.717, 1.165) is 4.57 Å². The lowest BCUT2D eigenvalue weighted by Gasteiger charge is -2.36. The maximum atomic E-state index is 12.7. The Morgan fingerprint density at radius 3 is 2.68 bits per heavy atom. The summed E-state index contributed by atoms with van der Waals surface area (Å²) in [6, 6.07) is 0. The van der Waals surface area contributed by atoms with Crippen molar-refractivity contribution < 1.29 is 18.7 Å². The van der Waals surface area contributed by atoms with Gasteiger partial charge in [-0.3, -0.25) is 14.3 Å². The molecule has 1 aromatic heterocycles. The molecule has 1 N–H and O–H groups in total. The summed E-state index contributed by atoms with van der Waals surface area (Å²) < 4.78 is 26.2. The monoisotopic (exact) mass is 273 g/mol. The number of alkyl halides is 2. The number of likely N-dealkylation sites (tertiary alicyclic amines) is 1. The molecular formula is C12H17F2N3O2. The molecule has 1 saturated heterocycles. The summed E-state index contributed by atoms with van der Waals surface area (Å²) in [4.78, 5) is 17.0. The molecule has 0 unspecified atom stereocenters. The van der Waals surface area contributed by atoms with Crippen LogP contribution < -0.4 is 0 Å². The zero-order valence-electron chi connectivity index (χ0n) is 10.7. The van der Waals surface area contributed by atoms with Crippen molar-refractivity contribution in [2.24, 2.45) is 5.41 Å². The molecule has 0 spiro atoms. The van der Waals surface area contributed by atoms with Crippen molar-refractivity contribution in [2.45, 2.75) is 32.9 Å². The molecule has 0 aromatic carbocycles. The summed E-state index contributed by atoms with van der Waals surface area (Å²) in [5, 5.41) is 9.12. The van der Waals surface area contributed by atoms with Crippen molar-refractivity contribution in [3.05, 3.63) is 18.2 Å². The van der Waals surface area contributed by atoms with Crippen LogP contribution in [0.3, 0.4) is 0 Å². The minimum Gasteiger partial charge on any atom is -0.481 e. The van der Waals surface area contributed by atoms with Gasteiger partial charge in [-0.1, -0.05) is 0 Å². The van der Waals surface area contributed by atoms with Crippen LogP contribution in [0.2, 0.25) is 0 Å². The predicted octanol–water partition coefficient (Wildman–Crippen LogP) is 1.96. The quantitative estimate of drug-likeness (QED) is 0.911. The van der Waals surface area contributed by atoms with Crippen molar-refractivity contribution in [1.29, 1.82) is 0 Å². The first-order valence-corrected chi connectivity index (χ1v) is 6.18. The van der Waals surface area contributed by atoms with Crippen molar-refractivity contribution in [2.75, 3.05) is 13.1 Å². The van der Waals surface area contributed by atoms with Crippen molar-refractivity contribution >= 4 is 5.97 Å². The lowest BCUT2D eigenvalue weighted by molar-refractivity contribution is -0.150. The third kappa shape index (κ3) is 2.91. The van der Waals surface area contributed by atoms with Crippen LogP contribution in [0.15, 0.2) is 12.4 Å². The van der Waals surface area contributed by atoms with Crippen molar-refractivity contribution in [1.82, 2.24) is 14.5 Å². The zero-order valence-corrected chi connectivity index (χ0v) is 10.7. The zero-order chi connectivity index (χ0) is 14.0. The molecule has 5 nitrogen and oxygen atoms in total. The molecule has 0 atom stereocenters. The highest BCUT2D eigenvalue weighted by Gasteiger charge is 2.37. The largest absolute Gasteiger partial charge is 0.481 e. The van der Waals surface area contributed by atoms with Gasteiger partial charge in [0.15, 0.2) is 0 Å². The third-order valence-corrected chi connectivity index (χ3v) is 3.80. The number of aliphatic carboxylic acids is 1. The maximum absolute atomic E-state index is 12.7. The summed E-state index contributed by atoms with van der Waals surface area (Å²) in [7, 11) is 0. The van der Waals surface area contributed by atoms with Crippen LogP contribution in [-0.2, 0) is 11.3 Å². The van der Waals surface area contributed by atoms with Crippen LogP contribution in [-0.4, -0.2) is 38.6 Å². The van der Waals surface area contributed by atoms with Gasteiger partial charge < -0.3 is 5.11 Å². The van der Waals surface area contributed by atoms with E-state index in [1.807, 2.05) is 4.90 Å². The number of carboxylic acids is 1. The van der Waals surface area contributed by atoms with Crippen LogP contribution in [0.1, 0.15) is 32.1 Å². The number of aromatic nitrogens is 2. The second-order valence-electron chi connectivity index (χ2n) is 5.17. The molecule has 0 radical (unpaired) electrons. The van der Waals surface area contributed by atoms with E-state index < -0.39 is 17.9 Å². The SMILES string of the molecule is CC1(C(=O)O)CCN(Cc2nccn2C(F)F)CC1. The molecule has 2 rings (SSSR count).